The van der Waals surface area contributed by atoms with E-state index in [0.29, 0.717) is 30.4 Å². The third kappa shape index (κ3) is 7.56. The van der Waals surface area contributed by atoms with Crippen LogP contribution in [0.2, 0.25) is 0 Å². The van der Waals surface area contributed by atoms with Gasteiger partial charge in [-0.3, -0.25) is 4.79 Å². The molecular weight excluding hydrogens is 473 g/mol. The van der Waals surface area contributed by atoms with Gasteiger partial charge in [0.25, 0.3) is 0 Å². The lowest BCUT2D eigenvalue weighted by Gasteiger charge is -2.29. The summed E-state index contributed by atoms with van der Waals surface area (Å²) in [6.07, 6.45) is 12.0. The Labute approximate surface area is 227 Å². The van der Waals surface area contributed by atoms with Gasteiger partial charge in [0.1, 0.15) is 18.2 Å². The second-order valence-corrected chi connectivity index (χ2v) is 10.4. The highest BCUT2D eigenvalue weighted by atomic mass is 19.1. The summed E-state index contributed by atoms with van der Waals surface area (Å²) < 4.78 is 20.8. The van der Waals surface area contributed by atoms with Crippen molar-refractivity contribution < 1.29 is 13.9 Å². The van der Waals surface area contributed by atoms with Gasteiger partial charge in [0.15, 0.2) is 0 Å². The summed E-state index contributed by atoms with van der Waals surface area (Å²) in [6, 6.07) is 21.5. The summed E-state index contributed by atoms with van der Waals surface area (Å²) in [5.74, 6) is 1.77. The van der Waals surface area contributed by atoms with Crippen molar-refractivity contribution in [3.05, 3.63) is 90.8 Å². The van der Waals surface area contributed by atoms with Crippen molar-refractivity contribution in [1.82, 2.24) is 5.32 Å². The second-order valence-electron chi connectivity index (χ2n) is 10.4. The largest absolute Gasteiger partial charge is 0.492 e. The standard InChI is InChI=1S/C34H40FNO2/c1-3-5-6-7-25-8-10-26(11-9-25)27-12-14-28(15-13-27)30-18-21-32(33(35)24-30)29-16-19-31(20-17-29)38-23-22-36-34(37)4-2/h4,12-21,24-26H,2-3,5-11,22-23H2,1H3,(H,36,37). The zero-order valence-corrected chi connectivity index (χ0v) is 22.6. The van der Waals surface area contributed by atoms with Crippen LogP contribution in [0.1, 0.15) is 69.8 Å². The summed E-state index contributed by atoms with van der Waals surface area (Å²) in [5, 5.41) is 2.66. The van der Waals surface area contributed by atoms with Crippen molar-refractivity contribution in [3.8, 4) is 28.0 Å². The molecule has 1 N–H and O–H groups in total. The highest BCUT2D eigenvalue weighted by Crippen LogP contribution is 2.38. The van der Waals surface area contributed by atoms with Crippen molar-refractivity contribution >= 4 is 5.91 Å². The molecule has 1 aliphatic carbocycles. The van der Waals surface area contributed by atoms with E-state index >= 15 is 4.39 Å². The molecule has 0 atom stereocenters. The number of amides is 1. The maximum Gasteiger partial charge on any atom is 0.243 e. The quantitative estimate of drug-likeness (QED) is 0.194. The van der Waals surface area contributed by atoms with Crippen LogP contribution in [0.4, 0.5) is 4.39 Å². The lowest BCUT2D eigenvalue weighted by molar-refractivity contribution is -0.116. The van der Waals surface area contributed by atoms with Gasteiger partial charge in [0.2, 0.25) is 5.91 Å². The van der Waals surface area contributed by atoms with Gasteiger partial charge in [-0.1, -0.05) is 87.7 Å². The monoisotopic (exact) mass is 513 g/mol. The smallest absolute Gasteiger partial charge is 0.243 e. The molecule has 1 fully saturated rings. The summed E-state index contributed by atoms with van der Waals surface area (Å²) in [7, 11) is 0. The van der Waals surface area contributed by atoms with Crippen LogP contribution in [0.3, 0.4) is 0 Å². The highest BCUT2D eigenvalue weighted by Gasteiger charge is 2.22. The molecule has 1 saturated carbocycles. The molecule has 0 radical (unpaired) electrons. The van der Waals surface area contributed by atoms with Crippen LogP contribution in [0.5, 0.6) is 5.75 Å². The fourth-order valence-electron chi connectivity index (χ4n) is 5.49. The van der Waals surface area contributed by atoms with Crippen LogP contribution < -0.4 is 10.1 Å². The van der Waals surface area contributed by atoms with Gasteiger partial charge in [-0.2, -0.15) is 0 Å². The first-order valence-corrected chi connectivity index (χ1v) is 14.1. The summed E-state index contributed by atoms with van der Waals surface area (Å²) >= 11 is 0. The highest BCUT2D eigenvalue weighted by molar-refractivity contribution is 5.86. The Hall–Kier alpha value is -3.40. The van der Waals surface area contributed by atoms with E-state index in [1.165, 1.54) is 63.0 Å². The molecule has 3 aromatic carbocycles. The van der Waals surface area contributed by atoms with Crippen molar-refractivity contribution in [1.29, 1.82) is 0 Å². The first kappa shape index (κ1) is 27.6. The van der Waals surface area contributed by atoms with E-state index in [2.05, 4.69) is 43.1 Å². The van der Waals surface area contributed by atoms with Crippen LogP contribution >= 0.6 is 0 Å². The fourth-order valence-corrected chi connectivity index (χ4v) is 5.49. The van der Waals surface area contributed by atoms with E-state index in [9.17, 15) is 4.79 Å². The second kappa shape index (κ2) is 13.9. The number of rotatable bonds is 12. The third-order valence-electron chi connectivity index (χ3n) is 7.77. The average molecular weight is 514 g/mol. The third-order valence-corrected chi connectivity index (χ3v) is 7.77. The average Bonchev–Trinajstić information content (AvgIpc) is 2.96. The van der Waals surface area contributed by atoms with Crippen LogP contribution in [0.25, 0.3) is 22.3 Å². The molecule has 4 heteroatoms. The predicted octanol–water partition coefficient (Wildman–Crippen LogP) is 8.69. The van der Waals surface area contributed by atoms with Gasteiger partial charge in [-0.15, -0.1) is 0 Å². The van der Waals surface area contributed by atoms with Crippen LogP contribution in [0.15, 0.2) is 79.4 Å². The lowest BCUT2D eigenvalue weighted by Crippen LogP contribution is -2.26. The first-order valence-electron chi connectivity index (χ1n) is 14.1. The predicted molar refractivity (Wildman–Crippen MR) is 155 cm³/mol. The topological polar surface area (TPSA) is 38.3 Å². The molecule has 1 aliphatic rings. The van der Waals surface area contributed by atoms with Crippen molar-refractivity contribution in [3.63, 3.8) is 0 Å². The van der Waals surface area contributed by atoms with E-state index in [-0.39, 0.29) is 11.7 Å². The molecule has 0 heterocycles. The molecule has 0 bridgehead atoms. The molecular formula is C34H40FNO2. The van der Waals surface area contributed by atoms with Crippen LogP contribution in [0, 0.1) is 11.7 Å². The van der Waals surface area contributed by atoms with Gasteiger partial charge in [-0.25, -0.2) is 4.39 Å². The molecule has 0 saturated heterocycles. The van der Waals surface area contributed by atoms with Gasteiger partial charge in [0.05, 0.1) is 6.54 Å². The Bertz CT molecular complexity index is 1180. The number of unbranched alkanes of at least 4 members (excludes halogenated alkanes) is 2. The van der Waals surface area contributed by atoms with Crippen molar-refractivity contribution in [2.24, 2.45) is 5.92 Å². The number of nitrogens with one attached hydrogen (secondary N) is 1. The Kier molecular flexibility index (Phi) is 10.1. The minimum absolute atomic E-state index is 0.228. The number of carbonyl (C=O) groups is 1. The molecule has 200 valence electrons. The van der Waals surface area contributed by atoms with E-state index in [1.807, 2.05) is 36.4 Å². The van der Waals surface area contributed by atoms with Crippen molar-refractivity contribution in [2.75, 3.05) is 13.2 Å². The Balaban J connectivity index is 1.32. The molecule has 0 aliphatic heterocycles. The molecule has 4 rings (SSSR count). The van der Waals surface area contributed by atoms with E-state index in [4.69, 9.17) is 4.74 Å². The summed E-state index contributed by atoms with van der Waals surface area (Å²) in [6.45, 7) is 6.43. The maximum atomic E-state index is 15.1. The van der Waals surface area contributed by atoms with E-state index < -0.39 is 0 Å². The fraction of sp³-hybridized carbons (Fsp3) is 0.382. The number of hydrogen-bond acceptors (Lipinski definition) is 2. The van der Waals surface area contributed by atoms with E-state index in [0.717, 1.165) is 22.6 Å². The van der Waals surface area contributed by atoms with Crippen LogP contribution in [-0.4, -0.2) is 19.1 Å². The molecule has 3 aromatic rings. The molecule has 3 nitrogen and oxygen atoms in total. The summed E-state index contributed by atoms with van der Waals surface area (Å²) in [4.78, 5) is 11.2. The Morgan fingerprint density at radius 3 is 2.29 bits per heavy atom. The van der Waals surface area contributed by atoms with Gasteiger partial charge < -0.3 is 10.1 Å². The number of hydrogen-bond donors (Lipinski definition) is 1. The minimum Gasteiger partial charge on any atom is -0.492 e. The zero-order valence-electron chi connectivity index (χ0n) is 22.6. The molecule has 38 heavy (non-hydrogen) atoms. The molecule has 0 aromatic heterocycles. The van der Waals surface area contributed by atoms with Gasteiger partial charge in [0, 0.05) is 5.56 Å². The number of carbonyl (C=O) groups excluding carboxylic acids is 1. The summed E-state index contributed by atoms with van der Waals surface area (Å²) in [5.41, 5.74) is 4.70. The zero-order chi connectivity index (χ0) is 26.7. The molecule has 0 spiro atoms. The van der Waals surface area contributed by atoms with Gasteiger partial charge >= 0.3 is 0 Å². The minimum atomic E-state index is -0.242. The first-order chi connectivity index (χ1) is 18.6. The number of benzene rings is 3. The van der Waals surface area contributed by atoms with E-state index in [1.54, 1.807) is 6.07 Å². The molecule has 0 unspecified atom stereocenters. The maximum absolute atomic E-state index is 15.1. The number of halogens is 1. The lowest BCUT2D eigenvalue weighted by atomic mass is 9.77. The number of ether oxygens (including phenoxy) is 1. The molecule has 1 amide bonds. The van der Waals surface area contributed by atoms with Crippen molar-refractivity contribution in [2.45, 2.75) is 64.2 Å². The normalized spacial score (nSPS) is 17.1. The Morgan fingerprint density at radius 2 is 1.63 bits per heavy atom. The SMILES string of the molecule is C=CC(=O)NCCOc1ccc(-c2ccc(-c3ccc(C4CCC(CCCCC)CC4)cc3)cc2F)cc1. The van der Waals surface area contributed by atoms with Crippen LogP contribution in [-0.2, 0) is 4.79 Å². The Morgan fingerprint density at radius 1 is 0.947 bits per heavy atom. The van der Waals surface area contributed by atoms with Gasteiger partial charge in [-0.05, 0) is 84.0 Å².